The van der Waals surface area contributed by atoms with E-state index in [9.17, 15) is 4.79 Å². The van der Waals surface area contributed by atoms with Gasteiger partial charge in [-0.25, -0.2) is 4.98 Å². The standard InChI is InChI=1S/C21H22BrN3O/c1-2-3-11-24-19-10-5-4-9-18(19)23-21(24)15-12-20(26)25(14-15)17-8-6-7-16(22)13-17/h4-10,13,15H,2-3,11-12,14H2,1H3. The SMILES string of the molecule is CCCCn1c(C2CC(=O)N(c3cccc(Br)c3)C2)nc2ccccc21. The van der Waals surface area contributed by atoms with Gasteiger partial charge in [0.1, 0.15) is 5.82 Å². The van der Waals surface area contributed by atoms with Crippen molar-refractivity contribution >= 4 is 38.6 Å². The molecular weight excluding hydrogens is 390 g/mol. The Hall–Kier alpha value is -2.14. The summed E-state index contributed by atoms with van der Waals surface area (Å²) in [4.78, 5) is 19.5. The highest BCUT2D eigenvalue weighted by Crippen LogP contribution is 2.34. The van der Waals surface area contributed by atoms with E-state index >= 15 is 0 Å². The zero-order valence-corrected chi connectivity index (χ0v) is 16.4. The monoisotopic (exact) mass is 411 g/mol. The van der Waals surface area contributed by atoms with Gasteiger partial charge in [0.15, 0.2) is 0 Å². The maximum Gasteiger partial charge on any atom is 0.227 e. The average molecular weight is 412 g/mol. The predicted molar refractivity (Wildman–Crippen MR) is 108 cm³/mol. The number of carbonyl (C=O) groups is 1. The van der Waals surface area contributed by atoms with E-state index in [1.54, 1.807) is 0 Å². The molecule has 1 saturated heterocycles. The highest BCUT2D eigenvalue weighted by molar-refractivity contribution is 9.10. The lowest BCUT2D eigenvalue weighted by Gasteiger charge is -2.17. The molecule has 1 aromatic heterocycles. The molecule has 1 aliphatic heterocycles. The Morgan fingerprint density at radius 2 is 2.04 bits per heavy atom. The Labute approximate surface area is 162 Å². The molecule has 5 heteroatoms. The number of hydrogen-bond donors (Lipinski definition) is 0. The largest absolute Gasteiger partial charge is 0.328 e. The van der Waals surface area contributed by atoms with Gasteiger partial charge in [0.05, 0.1) is 11.0 Å². The molecule has 0 saturated carbocycles. The summed E-state index contributed by atoms with van der Waals surface area (Å²) in [6.07, 6.45) is 2.77. The van der Waals surface area contributed by atoms with Crippen molar-refractivity contribution in [2.75, 3.05) is 11.4 Å². The fraction of sp³-hybridized carbons (Fsp3) is 0.333. The minimum Gasteiger partial charge on any atom is -0.328 e. The number of anilines is 1. The van der Waals surface area contributed by atoms with Crippen LogP contribution in [0, 0.1) is 0 Å². The van der Waals surface area contributed by atoms with Crippen molar-refractivity contribution in [1.29, 1.82) is 0 Å². The fourth-order valence-corrected chi connectivity index (χ4v) is 4.12. The van der Waals surface area contributed by atoms with Gasteiger partial charge in [0, 0.05) is 35.6 Å². The first-order valence-corrected chi connectivity index (χ1v) is 9.97. The lowest BCUT2D eigenvalue weighted by Crippen LogP contribution is -2.24. The highest BCUT2D eigenvalue weighted by Gasteiger charge is 2.34. The van der Waals surface area contributed by atoms with Crippen LogP contribution in [0.2, 0.25) is 0 Å². The number of unbranched alkanes of at least 4 members (excludes halogenated alkanes) is 1. The van der Waals surface area contributed by atoms with E-state index < -0.39 is 0 Å². The van der Waals surface area contributed by atoms with E-state index in [4.69, 9.17) is 4.98 Å². The minimum atomic E-state index is 0.130. The van der Waals surface area contributed by atoms with Crippen molar-refractivity contribution < 1.29 is 4.79 Å². The Bertz CT molecular complexity index is 949. The van der Waals surface area contributed by atoms with Crippen LogP contribution in [0.1, 0.15) is 37.9 Å². The van der Waals surface area contributed by atoms with Gasteiger partial charge >= 0.3 is 0 Å². The van der Waals surface area contributed by atoms with Gasteiger partial charge in [-0.15, -0.1) is 0 Å². The van der Waals surface area contributed by atoms with E-state index in [1.807, 2.05) is 35.2 Å². The Kier molecular flexibility index (Phi) is 4.81. The summed E-state index contributed by atoms with van der Waals surface area (Å²) in [5, 5.41) is 0. The van der Waals surface area contributed by atoms with Crippen molar-refractivity contribution in [3.63, 3.8) is 0 Å². The maximum absolute atomic E-state index is 12.7. The zero-order valence-electron chi connectivity index (χ0n) is 14.9. The number of para-hydroxylation sites is 2. The molecule has 1 atom stereocenters. The van der Waals surface area contributed by atoms with Gasteiger partial charge in [0.2, 0.25) is 5.91 Å². The van der Waals surface area contributed by atoms with Gasteiger partial charge in [0.25, 0.3) is 0 Å². The third kappa shape index (κ3) is 3.16. The summed E-state index contributed by atoms with van der Waals surface area (Å²) < 4.78 is 3.31. The van der Waals surface area contributed by atoms with Crippen LogP contribution in [0.5, 0.6) is 0 Å². The van der Waals surface area contributed by atoms with Crippen LogP contribution in [0.4, 0.5) is 5.69 Å². The number of halogens is 1. The van der Waals surface area contributed by atoms with Crippen molar-refractivity contribution in [2.45, 2.75) is 38.6 Å². The third-order valence-corrected chi connectivity index (χ3v) is 5.52. The van der Waals surface area contributed by atoms with Gasteiger partial charge in [-0.1, -0.05) is 47.5 Å². The average Bonchev–Trinajstić information content (AvgIpc) is 3.20. The summed E-state index contributed by atoms with van der Waals surface area (Å²) in [7, 11) is 0. The van der Waals surface area contributed by atoms with Crippen molar-refractivity contribution in [3.05, 3.63) is 58.8 Å². The highest BCUT2D eigenvalue weighted by atomic mass is 79.9. The third-order valence-electron chi connectivity index (χ3n) is 5.03. The van der Waals surface area contributed by atoms with E-state index in [1.165, 1.54) is 5.52 Å². The number of aromatic nitrogens is 2. The molecule has 134 valence electrons. The fourth-order valence-electron chi connectivity index (χ4n) is 3.73. The smallest absolute Gasteiger partial charge is 0.227 e. The first kappa shape index (κ1) is 17.3. The van der Waals surface area contributed by atoms with Crippen molar-refractivity contribution in [3.8, 4) is 0 Å². The Balaban J connectivity index is 1.68. The molecule has 1 fully saturated rings. The number of fused-ring (bicyclic) bond motifs is 1. The molecule has 4 nitrogen and oxygen atoms in total. The second kappa shape index (κ2) is 7.23. The molecule has 26 heavy (non-hydrogen) atoms. The van der Waals surface area contributed by atoms with Crippen LogP contribution in [-0.2, 0) is 11.3 Å². The van der Waals surface area contributed by atoms with Gasteiger partial charge in [-0.3, -0.25) is 4.79 Å². The molecule has 1 aliphatic rings. The second-order valence-corrected chi connectivity index (χ2v) is 7.76. The number of imidazole rings is 1. The van der Waals surface area contributed by atoms with E-state index in [2.05, 4.69) is 45.6 Å². The maximum atomic E-state index is 12.7. The number of aryl methyl sites for hydroxylation is 1. The van der Waals surface area contributed by atoms with Crippen LogP contribution in [0.3, 0.4) is 0 Å². The van der Waals surface area contributed by atoms with Gasteiger partial charge in [-0.05, 0) is 36.8 Å². The van der Waals surface area contributed by atoms with Crippen LogP contribution < -0.4 is 4.90 Å². The summed E-state index contributed by atoms with van der Waals surface area (Å²) in [5.41, 5.74) is 3.14. The number of rotatable bonds is 5. The molecule has 1 unspecified atom stereocenters. The Morgan fingerprint density at radius 1 is 1.19 bits per heavy atom. The van der Waals surface area contributed by atoms with Crippen LogP contribution >= 0.6 is 15.9 Å². The summed E-state index contributed by atoms with van der Waals surface area (Å²) in [6.45, 7) is 3.84. The predicted octanol–water partition coefficient (Wildman–Crippen LogP) is 5.12. The quantitative estimate of drug-likeness (QED) is 0.584. The molecule has 0 radical (unpaired) electrons. The molecule has 2 aromatic carbocycles. The van der Waals surface area contributed by atoms with E-state index in [-0.39, 0.29) is 11.8 Å². The normalized spacial score (nSPS) is 17.4. The number of hydrogen-bond acceptors (Lipinski definition) is 2. The summed E-state index contributed by atoms with van der Waals surface area (Å²) in [5.74, 6) is 1.35. The lowest BCUT2D eigenvalue weighted by atomic mass is 10.1. The summed E-state index contributed by atoms with van der Waals surface area (Å²) in [6, 6.07) is 16.2. The molecule has 0 spiro atoms. The number of benzene rings is 2. The molecule has 2 heterocycles. The van der Waals surface area contributed by atoms with Crippen LogP contribution in [0.25, 0.3) is 11.0 Å². The molecule has 0 aliphatic carbocycles. The molecule has 0 bridgehead atoms. The number of amides is 1. The number of nitrogens with zero attached hydrogens (tertiary/aromatic N) is 3. The molecule has 3 aromatic rings. The topological polar surface area (TPSA) is 38.1 Å². The first-order valence-electron chi connectivity index (χ1n) is 9.18. The molecular formula is C21H22BrN3O. The van der Waals surface area contributed by atoms with E-state index in [0.29, 0.717) is 13.0 Å². The van der Waals surface area contributed by atoms with Crippen molar-refractivity contribution in [2.24, 2.45) is 0 Å². The van der Waals surface area contributed by atoms with Crippen LogP contribution in [0.15, 0.2) is 53.0 Å². The van der Waals surface area contributed by atoms with E-state index in [0.717, 1.165) is 40.9 Å². The molecule has 1 amide bonds. The molecule has 4 rings (SSSR count). The Morgan fingerprint density at radius 3 is 2.85 bits per heavy atom. The zero-order chi connectivity index (χ0) is 18.1. The number of carbonyl (C=O) groups excluding carboxylic acids is 1. The van der Waals surface area contributed by atoms with Gasteiger partial charge in [-0.2, -0.15) is 0 Å². The van der Waals surface area contributed by atoms with Crippen molar-refractivity contribution in [1.82, 2.24) is 9.55 Å². The second-order valence-electron chi connectivity index (χ2n) is 6.85. The van der Waals surface area contributed by atoms with Crippen LogP contribution in [-0.4, -0.2) is 22.0 Å². The van der Waals surface area contributed by atoms with Gasteiger partial charge < -0.3 is 9.47 Å². The first-order chi connectivity index (χ1) is 12.7. The molecule has 0 N–H and O–H groups in total. The summed E-state index contributed by atoms with van der Waals surface area (Å²) >= 11 is 3.50. The minimum absolute atomic E-state index is 0.130. The lowest BCUT2D eigenvalue weighted by molar-refractivity contribution is -0.117.